The van der Waals surface area contributed by atoms with E-state index in [1.54, 1.807) is 0 Å². The van der Waals surface area contributed by atoms with Gasteiger partial charge in [-0.05, 0) is 70.3 Å². The predicted molar refractivity (Wildman–Crippen MR) is 158 cm³/mol. The number of nitrogens with zero attached hydrogens (tertiary/aromatic N) is 1. The second-order valence-corrected chi connectivity index (χ2v) is 12.5. The van der Waals surface area contributed by atoms with Crippen LogP contribution in [-0.2, 0) is 23.2 Å². The van der Waals surface area contributed by atoms with Gasteiger partial charge in [-0.25, -0.2) is 4.79 Å². The van der Waals surface area contributed by atoms with Crippen molar-refractivity contribution >= 4 is 17.6 Å². The van der Waals surface area contributed by atoms with Gasteiger partial charge < -0.3 is 19.9 Å². The first-order valence-corrected chi connectivity index (χ1v) is 14.5. The Morgan fingerprint density at radius 3 is 2.15 bits per heavy atom. The highest BCUT2D eigenvalue weighted by Gasteiger charge is 2.55. The molecular formula is C33H39ClN2O4. The Morgan fingerprint density at radius 2 is 1.55 bits per heavy atom. The molecule has 5 rings (SSSR count). The Labute approximate surface area is 242 Å². The highest BCUT2D eigenvalue weighted by atomic mass is 35.5. The van der Waals surface area contributed by atoms with Crippen molar-refractivity contribution in [3.8, 4) is 11.5 Å². The molecule has 2 aliphatic rings. The lowest BCUT2D eigenvalue weighted by Gasteiger charge is -2.20. The van der Waals surface area contributed by atoms with Crippen LogP contribution in [0.15, 0.2) is 72.8 Å². The highest BCUT2D eigenvalue weighted by Crippen LogP contribution is 2.45. The molecule has 2 N–H and O–H groups in total. The summed E-state index contributed by atoms with van der Waals surface area (Å²) in [4.78, 5) is 14.4. The van der Waals surface area contributed by atoms with Crippen molar-refractivity contribution < 1.29 is 19.4 Å². The Bertz CT molecular complexity index is 1260. The Hall–Kier alpha value is -3.06. The van der Waals surface area contributed by atoms with Gasteiger partial charge >= 0.3 is 5.97 Å². The van der Waals surface area contributed by atoms with Gasteiger partial charge in [0.2, 0.25) is 0 Å². The Balaban J connectivity index is 1.01. The number of nitrogens with one attached hydrogen (secondary N) is 1. The maximum absolute atomic E-state index is 11.9. The number of likely N-dealkylation sites (tertiary alicyclic amines) is 1. The minimum Gasteiger partial charge on any atom is -0.492 e. The zero-order valence-corrected chi connectivity index (χ0v) is 24.2. The van der Waals surface area contributed by atoms with Gasteiger partial charge in [0.15, 0.2) is 6.10 Å². The molecule has 0 aromatic heterocycles. The fourth-order valence-corrected chi connectivity index (χ4v) is 5.73. The second kappa shape index (κ2) is 12.2. The minimum atomic E-state index is -0.982. The van der Waals surface area contributed by atoms with E-state index in [1.807, 2.05) is 60.7 Å². The molecule has 1 aliphatic heterocycles. The SMILES string of the molecule is CC(C)(C)c1ccc(O[C@H](Cc2ccc(OCCNC3C4CN(Cc5ccc(Cl)cc5)C[C@@H]43)cc2)C(=O)O)cc1. The van der Waals surface area contributed by atoms with Crippen molar-refractivity contribution in [3.05, 3.63) is 94.5 Å². The molecular weight excluding hydrogens is 524 g/mol. The average Bonchev–Trinajstić information content (AvgIpc) is 3.37. The Morgan fingerprint density at radius 1 is 0.950 bits per heavy atom. The summed E-state index contributed by atoms with van der Waals surface area (Å²) in [5, 5.41) is 14.2. The summed E-state index contributed by atoms with van der Waals surface area (Å²) < 4.78 is 11.7. The summed E-state index contributed by atoms with van der Waals surface area (Å²) in [7, 11) is 0. The zero-order valence-electron chi connectivity index (χ0n) is 23.5. The van der Waals surface area contributed by atoms with E-state index in [0.29, 0.717) is 18.4 Å². The van der Waals surface area contributed by atoms with Crippen LogP contribution in [0.3, 0.4) is 0 Å². The first-order chi connectivity index (χ1) is 19.2. The number of carbonyl (C=O) groups is 1. The first kappa shape index (κ1) is 28.5. The number of benzene rings is 3. The molecule has 3 aromatic carbocycles. The van der Waals surface area contributed by atoms with Crippen molar-refractivity contribution in [2.75, 3.05) is 26.2 Å². The lowest BCUT2D eigenvalue weighted by molar-refractivity contribution is -0.145. The molecule has 6 nitrogen and oxygen atoms in total. The number of rotatable bonds is 12. The summed E-state index contributed by atoms with van der Waals surface area (Å²) >= 11 is 5.99. The molecule has 3 aromatic rings. The van der Waals surface area contributed by atoms with Crippen LogP contribution in [0, 0.1) is 11.8 Å². The molecule has 212 valence electrons. The van der Waals surface area contributed by atoms with E-state index in [4.69, 9.17) is 21.1 Å². The number of carboxylic acid groups (broad SMARTS) is 1. The van der Waals surface area contributed by atoms with Crippen LogP contribution in [0.1, 0.15) is 37.5 Å². The zero-order chi connectivity index (χ0) is 28.3. The lowest BCUT2D eigenvalue weighted by Crippen LogP contribution is -2.33. The molecule has 2 unspecified atom stereocenters. The topological polar surface area (TPSA) is 71.0 Å². The predicted octanol–water partition coefficient (Wildman–Crippen LogP) is 5.81. The van der Waals surface area contributed by atoms with Crippen LogP contribution in [-0.4, -0.2) is 54.4 Å². The van der Waals surface area contributed by atoms with E-state index >= 15 is 0 Å². The van der Waals surface area contributed by atoms with Gasteiger partial charge in [-0.15, -0.1) is 0 Å². The maximum Gasteiger partial charge on any atom is 0.345 e. The highest BCUT2D eigenvalue weighted by molar-refractivity contribution is 6.30. The third-order valence-electron chi connectivity index (χ3n) is 7.96. The van der Waals surface area contributed by atoms with Gasteiger partial charge in [0.1, 0.15) is 18.1 Å². The van der Waals surface area contributed by atoms with E-state index in [2.05, 4.69) is 43.1 Å². The molecule has 0 spiro atoms. The van der Waals surface area contributed by atoms with Crippen LogP contribution < -0.4 is 14.8 Å². The lowest BCUT2D eigenvalue weighted by atomic mass is 9.87. The number of carboxylic acids is 1. The number of hydrogen-bond acceptors (Lipinski definition) is 5. The van der Waals surface area contributed by atoms with Crippen LogP contribution in [0.4, 0.5) is 0 Å². The quantitative estimate of drug-likeness (QED) is 0.271. The smallest absolute Gasteiger partial charge is 0.345 e. The van der Waals surface area contributed by atoms with Gasteiger partial charge in [0.05, 0.1) is 0 Å². The molecule has 4 atom stereocenters. The largest absolute Gasteiger partial charge is 0.492 e. The molecule has 7 heteroatoms. The van der Waals surface area contributed by atoms with E-state index in [1.165, 1.54) is 11.1 Å². The number of piperidine rings is 1. The number of aliphatic carboxylic acids is 1. The summed E-state index contributed by atoms with van der Waals surface area (Å²) in [6.07, 6.45) is -0.686. The molecule has 1 heterocycles. The van der Waals surface area contributed by atoms with Crippen molar-refractivity contribution in [2.24, 2.45) is 11.8 Å². The van der Waals surface area contributed by atoms with Gasteiger partial charge in [-0.1, -0.05) is 68.8 Å². The molecule has 1 saturated heterocycles. The maximum atomic E-state index is 11.9. The minimum absolute atomic E-state index is 0.0302. The standard InChI is InChI=1S/C33H39ClN2O4/c1-33(2,3)24-8-14-27(15-9-24)40-30(32(37)38)18-22-6-12-26(13-7-22)39-17-16-35-31-28-20-36(21-29(28)31)19-23-4-10-25(34)11-5-23/h4-15,28-31,35H,16-21H2,1-3H3,(H,37,38)/t28-,29?,30+,31?/m0/s1. The van der Waals surface area contributed by atoms with E-state index in [-0.39, 0.29) is 11.8 Å². The van der Waals surface area contributed by atoms with Crippen molar-refractivity contribution in [1.29, 1.82) is 0 Å². The second-order valence-electron chi connectivity index (χ2n) is 12.0. The van der Waals surface area contributed by atoms with Gasteiger partial charge in [0, 0.05) is 43.7 Å². The number of halogens is 1. The molecule has 40 heavy (non-hydrogen) atoms. The van der Waals surface area contributed by atoms with E-state index < -0.39 is 12.1 Å². The molecule has 1 aliphatic carbocycles. The van der Waals surface area contributed by atoms with Crippen LogP contribution in [0.2, 0.25) is 5.02 Å². The molecule has 0 amide bonds. The fraction of sp³-hybridized carbons (Fsp3) is 0.424. The third-order valence-corrected chi connectivity index (χ3v) is 8.21. The molecule has 0 radical (unpaired) electrons. The number of hydrogen-bond donors (Lipinski definition) is 2. The van der Waals surface area contributed by atoms with Crippen LogP contribution >= 0.6 is 11.6 Å². The van der Waals surface area contributed by atoms with Crippen LogP contribution in [0.25, 0.3) is 0 Å². The summed E-state index contributed by atoms with van der Waals surface area (Å²) in [5.74, 6) is 1.81. The van der Waals surface area contributed by atoms with E-state index in [0.717, 1.165) is 54.4 Å². The van der Waals surface area contributed by atoms with Crippen molar-refractivity contribution in [1.82, 2.24) is 10.2 Å². The molecule has 0 bridgehead atoms. The fourth-order valence-electron chi connectivity index (χ4n) is 5.60. The van der Waals surface area contributed by atoms with Crippen molar-refractivity contribution in [2.45, 2.75) is 51.3 Å². The van der Waals surface area contributed by atoms with Gasteiger partial charge in [0.25, 0.3) is 0 Å². The van der Waals surface area contributed by atoms with Gasteiger partial charge in [-0.3, -0.25) is 4.90 Å². The van der Waals surface area contributed by atoms with Crippen molar-refractivity contribution in [3.63, 3.8) is 0 Å². The first-order valence-electron chi connectivity index (χ1n) is 14.1. The monoisotopic (exact) mass is 562 g/mol. The third kappa shape index (κ3) is 7.36. The summed E-state index contributed by atoms with van der Waals surface area (Å²) in [6, 6.07) is 24.0. The summed E-state index contributed by atoms with van der Waals surface area (Å²) in [6.45, 7) is 11.1. The number of fused-ring (bicyclic) bond motifs is 1. The van der Waals surface area contributed by atoms with E-state index in [9.17, 15) is 9.90 Å². The normalized spacial score (nSPS) is 21.1. The summed E-state index contributed by atoms with van der Waals surface area (Å²) in [5.41, 5.74) is 3.40. The molecule has 1 saturated carbocycles. The average molecular weight is 563 g/mol. The van der Waals surface area contributed by atoms with Crippen LogP contribution in [0.5, 0.6) is 11.5 Å². The Kier molecular flexibility index (Phi) is 8.69. The molecule has 2 fully saturated rings. The number of ether oxygens (including phenoxy) is 2. The van der Waals surface area contributed by atoms with Gasteiger partial charge in [-0.2, -0.15) is 0 Å².